The Labute approximate surface area is 120 Å². The SMILES string of the molecule is N#CC1(NS(=O)(=O)CCc2ccncc2)CCCCC1. The van der Waals surface area contributed by atoms with Gasteiger partial charge in [-0.05, 0) is 37.0 Å². The number of aromatic nitrogens is 1. The predicted molar refractivity (Wildman–Crippen MR) is 76.3 cm³/mol. The number of pyridine rings is 1. The van der Waals surface area contributed by atoms with Crippen LogP contribution in [0.3, 0.4) is 0 Å². The van der Waals surface area contributed by atoms with Crippen LogP contribution in [0.25, 0.3) is 0 Å². The summed E-state index contributed by atoms with van der Waals surface area (Å²) in [4.78, 5) is 3.90. The van der Waals surface area contributed by atoms with Crippen molar-refractivity contribution in [3.05, 3.63) is 30.1 Å². The third kappa shape index (κ3) is 4.02. The van der Waals surface area contributed by atoms with E-state index in [9.17, 15) is 13.7 Å². The number of hydrogen-bond donors (Lipinski definition) is 1. The second-order valence-electron chi connectivity index (χ2n) is 5.28. The first kappa shape index (κ1) is 14.9. The molecule has 6 heteroatoms. The van der Waals surface area contributed by atoms with Gasteiger partial charge in [0.25, 0.3) is 0 Å². The zero-order chi connectivity index (χ0) is 14.5. The number of nitriles is 1. The lowest BCUT2D eigenvalue weighted by molar-refractivity contribution is 0.338. The van der Waals surface area contributed by atoms with Gasteiger partial charge in [0.1, 0.15) is 5.54 Å². The molecule has 0 amide bonds. The second-order valence-corrected chi connectivity index (χ2v) is 7.12. The summed E-state index contributed by atoms with van der Waals surface area (Å²) in [6, 6.07) is 5.77. The molecule has 1 saturated carbocycles. The predicted octanol–water partition coefficient (Wildman–Crippen LogP) is 1.77. The van der Waals surface area contributed by atoms with E-state index in [1.54, 1.807) is 24.5 Å². The monoisotopic (exact) mass is 293 g/mol. The van der Waals surface area contributed by atoms with E-state index in [1.165, 1.54) is 0 Å². The highest BCUT2D eigenvalue weighted by Crippen LogP contribution is 2.28. The molecule has 5 nitrogen and oxygen atoms in total. The summed E-state index contributed by atoms with van der Waals surface area (Å²) < 4.78 is 26.9. The van der Waals surface area contributed by atoms with Crippen molar-refractivity contribution in [2.24, 2.45) is 0 Å². The number of hydrogen-bond acceptors (Lipinski definition) is 4. The van der Waals surface area contributed by atoms with E-state index >= 15 is 0 Å². The maximum atomic E-state index is 12.2. The Balaban J connectivity index is 1.98. The average Bonchev–Trinajstić information content (AvgIpc) is 2.47. The fraction of sp³-hybridized carbons (Fsp3) is 0.571. The Bertz CT molecular complexity index is 572. The molecule has 0 saturated heterocycles. The Morgan fingerprint density at radius 3 is 2.50 bits per heavy atom. The molecule has 1 N–H and O–H groups in total. The van der Waals surface area contributed by atoms with Crippen LogP contribution < -0.4 is 4.72 Å². The van der Waals surface area contributed by atoms with Crippen molar-refractivity contribution < 1.29 is 8.42 Å². The molecule has 1 aliphatic rings. The second kappa shape index (κ2) is 6.33. The van der Waals surface area contributed by atoms with Crippen molar-refractivity contribution in [2.45, 2.75) is 44.1 Å². The summed E-state index contributed by atoms with van der Waals surface area (Å²) >= 11 is 0. The molecule has 108 valence electrons. The van der Waals surface area contributed by atoms with Gasteiger partial charge in [0.2, 0.25) is 10.0 Å². The zero-order valence-corrected chi connectivity index (χ0v) is 12.2. The number of rotatable bonds is 5. The van der Waals surface area contributed by atoms with E-state index in [0.717, 1.165) is 24.8 Å². The standard InChI is InChI=1S/C14H19N3O2S/c15-12-14(7-2-1-3-8-14)17-20(18,19)11-6-13-4-9-16-10-5-13/h4-5,9-10,17H,1-3,6-8,11H2. The van der Waals surface area contributed by atoms with E-state index in [2.05, 4.69) is 15.8 Å². The van der Waals surface area contributed by atoms with Crippen molar-refractivity contribution in [1.82, 2.24) is 9.71 Å². The molecular weight excluding hydrogens is 274 g/mol. The summed E-state index contributed by atoms with van der Waals surface area (Å²) in [5.74, 6) is 0.000440. The third-order valence-corrected chi connectivity index (χ3v) is 5.12. The molecule has 1 aromatic rings. The highest BCUT2D eigenvalue weighted by molar-refractivity contribution is 7.89. The van der Waals surface area contributed by atoms with Crippen LogP contribution in [0, 0.1) is 11.3 Å². The summed E-state index contributed by atoms with van der Waals surface area (Å²) in [5, 5.41) is 9.30. The molecule has 0 aromatic carbocycles. The maximum Gasteiger partial charge on any atom is 0.213 e. The minimum Gasteiger partial charge on any atom is -0.265 e. The van der Waals surface area contributed by atoms with E-state index in [-0.39, 0.29) is 5.75 Å². The van der Waals surface area contributed by atoms with Crippen molar-refractivity contribution in [1.29, 1.82) is 5.26 Å². The first-order chi connectivity index (χ1) is 9.55. The van der Waals surface area contributed by atoms with Gasteiger partial charge in [0.15, 0.2) is 0 Å². The smallest absolute Gasteiger partial charge is 0.213 e. The van der Waals surface area contributed by atoms with Crippen molar-refractivity contribution in [2.75, 3.05) is 5.75 Å². The molecule has 2 rings (SSSR count). The van der Waals surface area contributed by atoms with Crippen LogP contribution in [0.15, 0.2) is 24.5 Å². The number of nitrogens with zero attached hydrogens (tertiary/aromatic N) is 2. The van der Waals surface area contributed by atoms with Crippen molar-refractivity contribution in [3.8, 4) is 6.07 Å². The molecular formula is C14H19N3O2S. The van der Waals surface area contributed by atoms with Crippen molar-refractivity contribution >= 4 is 10.0 Å². The van der Waals surface area contributed by atoms with Gasteiger partial charge < -0.3 is 0 Å². The van der Waals surface area contributed by atoms with Crippen molar-refractivity contribution in [3.63, 3.8) is 0 Å². The van der Waals surface area contributed by atoms with E-state index in [0.29, 0.717) is 19.3 Å². The number of sulfonamides is 1. The highest BCUT2D eigenvalue weighted by Gasteiger charge is 2.35. The molecule has 0 aliphatic heterocycles. The van der Waals surface area contributed by atoms with E-state index in [1.807, 2.05) is 0 Å². The zero-order valence-electron chi connectivity index (χ0n) is 11.4. The fourth-order valence-electron chi connectivity index (χ4n) is 2.54. The molecule has 0 bridgehead atoms. The number of nitrogens with one attached hydrogen (secondary N) is 1. The Morgan fingerprint density at radius 1 is 1.25 bits per heavy atom. The topological polar surface area (TPSA) is 82.9 Å². The molecule has 1 heterocycles. The Morgan fingerprint density at radius 2 is 1.90 bits per heavy atom. The van der Waals surface area contributed by atoms with E-state index < -0.39 is 15.6 Å². The molecule has 0 spiro atoms. The van der Waals surface area contributed by atoms with Gasteiger partial charge >= 0.3 is 0 Å². The lowest BCUT2D eigenvalue weighted by Gasteiger charge is -2.31. The van der Waals surface area contributed by atoms with E-state index in [4.69, 9.17) is 0 Å². The Kier molecular flexibility index (Phi) is 4.73. The summed E-state index contributed by atoms with van der Waals surface area (Å²) in [6.07, 6.45) is 7.82. The van der Waals surface area contributed by atoms with Crippen LogP contribution in [0.1, 0.15) is 37.7 Å². The van der Waals surface area contributed by atoms with Gasteiger partial charge in [-0.25, -0.2) is 8.42 Å². The van der Waals surface area contributed by atoms with Gasteiger partial charge in [-0.3, -0.25) is 4.98 Å². The summed E-state index contributed by atoms with van der Waals surface area (Å²) in [7, 11) is -3.44. The van der Waals surface area contributed by atoms with Crippen LogP contribution >= 0.6 is 0 Å². The van der Waals surface area contributed by atoms with Gasteiger partial charge in [-0.15, -0.1) is 0 Å². The molecule has 1 aliphatic carbocycles. The molecule has 1 aromatic heterocycles. The first-order valence-electron chi connectivity index (χ1n) is 6.87. The molecule has 1 fully saturated rings. The van der Waals surface area contributed by atoms with Gasteiger partial charge in [0.05, 0.1) is 11.8 Å². The highest BCUT2D eigenvalue weighted by atomic mass is 32.2. The maximum absolute atomic E-state index is 12.2. The molecule has 0 radical (unpaired) electrons. The van der Waals surface area contributed by atoms with Crippen LogP contribution in [-0.2, 0) is 16.4 Å². The van der Waals surface area contributed by atoms with Crippen LogP contribution in [-0.4, -0.2) is 24.7 Å². The average molecular weight is 293 g/mol. The largest absolute Gasteiger partial charge is 0.265 e. The van der Waals surface area contributed by atoms with Crippen LogP contribution in [0.4, 0.5) is 0 Å². The molecule has 0 atom stereocenters. The molecule has 20 heavy (non-hydrogen) atoms. The van der Waals surface area contributed by atoms with Gasteiger partial charge in [-0.1, -0.05) is 19.3 Å². The minimum absolute atomic E-state index is 0.000440. The number of aryl methyl sites for hydroxylation is 1. The summed E-state index contributed by atoms with van der Waals surface area (Å²) in [6.45, 7) is 0. The third-order valence-electron chi connectivity index (χ3n) is 3.68. The lowest BCUT2D eigenvalue weighted by atomic mass is 9.84. The van der Waals surface area contributed by atoms with Crippen LogP contribution in [0.5, 0.6) is 0 Å². The fourth-order valence-corrected chi connectivity index (χ4v) is 3.99. The lowest BCUT2D eigenvalue weighted by Crippen LogP contribution is -2.49. The van der Waals surface area contributed by atoms with Crippen LogP contribution in [0.2, 0.25) is 0 Å². The van der Waals surface area contributed by atoms with Gasteiger partial charge in [-0.2, -0.15) is 9.98 Å². The Hall–Kier alpha value is -1.45. The first-order valence-corrected chi connectivity index (χ1v) is 8.52. The minimum atomic E-state index is -3.44. The summed E-state index contributed by atoms with van der Waals surface area (Å²) in [5.41, 5.74) is 0.0371. The normalized spacial score (nSPS) is 18.4. The quantitative estimate of drug-likeness (QED) is 0.897. The molecule has 0 unspecified atom stereocenters. The van der Waals surface area contributed by atoms with Gasteiger partial charge in [0, 0.05) is 12.4 Å².